The molecule has 6 heteroatoms. The molecule has 0 heterocycles. The summed E-state index contributed by atoms with van der Waals surface area (Å²) in [4.78, 5) is 35.2. The fourth-order valence-corrected chi connectivity index (χ4v) is 1.28. The highest BCUT2D eigenvalue weighted by Crippen LogP contribution is 1.92. The van der Waals surface area contributed by atoms with Crippen LogP contribution in [0.2, 0.25) is 0 Å². The van der Waals surface area contributed by atoms with E-state index in [-0.39, 0.29) is 37.8 Å². The molecule has 0 spiro atoms. The molecule has 0 saturated carbocycles. The van der Waals surface area contributed by atoms with Crippen molar-refractivity contribution in [2.45, 2.75) is 20.3 Å². The lowest BCUT2D eigenvalue weighted by atomic mass is 10.2. The number of ketones is 1. The Bertz CT molecular complexity index is 279. The zero-order chi connectivity index (χ0) is 13.3. The second kappa shape index (κ2) is 8.69. The second-order valence-corrected chi connectivity index (χ2v) is 3.65. The van der Waals surface area contributed by atoms with Crippen LogP contribution in [-0.2, 0) is 19.1 Å². The van der Waals surface area contributed by atoms with E-state index in [1.807, 2.05) is 6.92 Å². The Balaban J connectivity index is 3.87. The van der Waals surface area contributed by atoms with Crippen LogP contribution in [0.15, 0.2) is 0 Å². The lowest BCUT2D eigenvalue weighted by Gasteiger charge is -2.14. The zero-order valence-corrected chi connectivity index (χ0v) is 10.6. The van der Waals surface area contributed by atoms with E-state index in [1.54, 1.807) is 18.9 Å². The molecule has 0 radical (unpaired) electrons. The van der Waals surface area contributed by atoms with Gasteiger partial charge in [0.25, 0.3) is 0 Å². The molecule has 0 aliphatic carbocycles. The predicted molar refractivity (Wildman–Crippen MR) is 62.4 cm³/mol. The van der Waals surface area contributed by atoms with Gasteiger partial charge in [0, 0.05) is 6.54 Å². The molecule has 0 aromatic carbocycles. The lowest BCUT2D eigenvalue weighted by molar-refractivity contribution is -0.145. The van der Waals surface area contributed by atoms with Crippen LogP contribution in [0.25, 0.3) is 0 Å². The van der Waals surface area contributed by atoms with Crippen molar-refractivity contribution in [1.29, 1.82) is 0 Å². The van der Waals surface area contributed by atoms with Gasteiger partial charge >= 0.3 is 5.97 Å². The zero-order valence-electron chi connectivity index (χ0n) is 10.6. The van der Waals surface area contributed by atoms with Gasteiger partial charge in [-0.25, -0.2) is 0 Å². The summed E-state index contributed by atoms with van der Waals surface area (Å²) >= 11 is 0. The van der Waals surface area contributed by atoms with Crippen molar-refractivity contribution in [1.82, 2.24) is 10.2 Å². The smallest absolute Gasteiger partial charge is 0.313 e. The Morgan fingerprint density at radius 2 is 1.82 bits per heavy atom. The van der Waals surface area contributed by atoms with Crippen molar-refractivity contribution in [3.8, 4) is 0 Å². The highest BCUT2D eigenvalue weighted by Gasteiger charge is 2.14. The number of likely N-dealkylation sites (N-methyl/N-ethyl adjacent to an activating group) is 2. The highest BCUT2D eigenvalue weighted by molar-refractivity contribution is 5.96. The van der Waals surface area contributed by atoms with Crippen LogP contribution < -0.4 is 5.32 Å². The maximum absolute atomic E-state index is 11.4. The summed E-state index contributed by atoms with van der Waals surface area (Å²) in [5.74, 6) is -0.918. The molecule has 0 saturated heterocycles. The molecule has 0 fully saturated rings. The van der Waals surface area contributed by atoms with Crippen LogP contribution in [0, 0.1) is 0 Å². The number of hydrogen-bond donors (Lipinski definition) is 1. The average molecular weight is 244 g/mol. The first-order valence-corrected chi connectivity index (χ1v) is 5.62. The molecule has 0 atom stereocenters. The van der Waals surface area contributed by atoms with Crippen molar-refractivity contribution >= 4 is 17.7 Å². The van der Waals surface area contributed by atoms with Crippen LogP contribution in [0.4, 0.5) is 0 Å². The van der Waals surface area contributed by atoms with E-state index < -0.39 is 5.97 Å². The first-order chi connectivity index (χ1) is 7.99. The number of esters is 1. The van der Waals surface area contributed by atoms with E-state index >= 15 is 0 Å². The Labute approximate surface area is 101 Å². The van der Waals surface area contributed by atoms with Crippen molar-refractivity contribution in [2.24, 2.45) is 0 Å². The lowest BCUT2D eigenvalue weighted by Crippen LogP contribution is -2.37. The Morgan fingerprint density at radius 1 is 1.18 bits per heavy atom. The van der Waals surface area contributed by atoms with Gasteiger partial charge in [0.1, 0.15) is 6.42 Å². The third kappa shape index (κ3) is 8.38. The molecule has 0 unspecified atom stereocenters. The maximum Gasteiger partial charge on any atom is 0.313 e. The van der Waals surface area contributed by atoms with Crippen LogP contribution >= 0.6 is 0 Å². The number of nitrogens with one attached hydrogen (secondary N) is 1. The summed E-state index contributed by atoms with van der Waals surface area (Å²) in [6.07, 6.45) is -0.242. The summed E-state index contributed by atoms with van der Waals surface area (Å²) in [5, 5.41) is 2.63. The summed E-state index contributed by atoms with van der Waals surface area (Å²) in [5.41, 5.74) is 0. The van der Waals surface area contributed by atoms with E-state index in [1.165, 1.54) is 0 Å². The average Bonchev–Trinajstić information content (AvgIpc) is 2.16. The number of hydrogen-bond acceptors (Lipinski definition) is 5. The Hall–Kier alpha value is -1.43. The number of ether oxygens (including phenoxy) is 1. The molecule has 17 heavy (non-hydrogen) atoms. The van der Waals surface area contributed by atoms with Gasteiger partial charge in [-0.15, -0.1) is 0 Å². The number of Topliss-reactive ketones (excluding diaryl/α,β-unsaturated/α-hetero) is 1. The third-order valence-corrected chi connectivity index (χ3v) is 1.88. The Morgan fingerprint density at radius 3 is 2.35 bits per heavy atom. The molecule has 1 amide bonds. The van der Waals surface area contributed by atoms with Gasteiger partial charge in [-0.1, -0.05) is 0 Å². The molecule has 0 aromatic heterocycles. The fourth-order valence-electron chi connectivity index (χ4n) is 1.28. The van der Waals surface area contributed by atoms with E-state index in [0.717, 1.165) is 0 Å². The first kappa shape index (κ1) is 15.6. The summed E-state index contributed by atoms with van der Waals surface area (Å²) < 4.78 is 4.66. The van der Waals surface area contributed by atoms with Crippen LogP contribution in [0.1, 0.15) is 20.3 Å². The molecular weight excluding hydrogens is 224 g/mol. The van der Waals surface area contributed by atoms with E-state index in [4.69, 9.17) is 0 Å². The van der Waals surface area contributed by atoms with Gasteiger partial charge in [0.05, 0.1) is 19.7 Å². The summed E-state index contributed by atoms with van der Waals surface area (Å²) in [6.45, 7) is 4.54. The standard InChI is InChI=1S/C11H20N2O4/c1-4-12-10(15)8-13(3)7-9(14)6-11(16)17-5-2/h4-8H2,1-3H3,(H,12,15). The van der Waals surface area contributed by atoms with Crippen molar-refractivity contribution < 1.29 is 19.1 Å². The van der Waals surface area contributed by atoms with E-state index in [9.17, 15) is 14.4 Å². The molecule has 0 aliphatic rings. The molecule has 0 aromatic rings. The Kier molecular flexibility index (Phi) is 7.96. The van der Waals surface area contributed by atoms with Crippen LogP contribution in [-0.4, -0.2) is 55.8 Å². The number of carbonyl (C=O) groups is 3. The van der Waals surface area contributed by atoms with Gasteiger partial charge in [0.2, 0.25) is 5.91 Å². The molecule has 6 nitrogen and oxygen atoms in total. The molecule has 1 N–H and O–H groups in total. The minimum absolute atomic E-state index is 0.0654. The minimum atomic E-state index is -0.524. The summed E-state index contributed by atoms with van der Waals surface area (Å²) in [7, 11) is 1.65. The first-order valence-electron chi connectivity index (χ1n) is 5.62. The molecule has 0 rings (SSSR count). The van der Waals surface area contributed by atoms with Crippen molar-refractivity contribution in [3.05, 3.63) is 0 Å². The monoisotopic (exact) mass is 244 g/mol. The maximum atomic E-state index is 11.4. The number of rotatable bonds is 8. The van der Waals surface area contributed by atoms with E-state index in [2.05, 4.69) is 10.1 Å². The van der Waals surface area contributed by atoms with Gasteiger partial charge in [-0.3, -0.25) is 19.3 Å². The molecular formula is C11H20N2O4. The topological polar surface area (TPSA) is 75.7 Å². The number of carbonyl (C=O) groups excluding carboxylic acids is 3. The van der Waals surface area contributed by atoms with Crippen molar-refractivity contribution in [3.63, 3.8) is 0 Å². The quantitative estimate of drug-likeness (QED) is 0.463. The van der Waals surface area contributed by atoms with Crippen molar-refractivity contribution in [2.75, 3.05) is 33.3 Å². The molecule has 98 valence electrons. The van der Waals surface area contributed by atoms with Gasteiger partial charge < -0.3 is 10.1 Å². The SMILES string of the molecule is CCNC(=O)CN(C)CC(=O)CC(=O)OCC. The van der Waals surface area contributed by atoms with Crippen LogP contribution in [0.3, 0.4) is 0 Å². The third-order valence-electron chi connectivity index (χ3n) is 1.88. The second-order valence-electron chi connectivity index (χ2n) is 3.65. The van der Waals surface area contributed by atoms with E-state index in [0.29, 0.717) is 6.54 Å². The molecule has 0 aliphatic heterocycles. The summed E-state index contributed by atoms with van der Waals surface area (Å²) in [6, 6.07) is 0. The largest absolute Gasteiger partial charge is 0.466 e. The van der Waals surface area contributed by atoms with Gasteiger partial charge in [0.15, 0.2) is 5.78 Å². The minimum Gasteiger partial charge on any atom is -0.466 e. The van der Waals surface area contributed by atoms with Gasteiger partial charge in [-0.2, -0.15) is 0 Å². The van der Waals surface area contributed by atoms with Crippen LogP contribution in [0.5, 0.6) is 0 Å². The number of amides is 1. The molecule has 0 bridgehead atoms. The number of nitrogens with zero attached hydrogens (tertiary/aromatic N) is 1. The predicted octanol–water partition coefficient (Wildman–Crippen LogP) is -0.423. The highest BCUT2D eigenvalue weighted by atomic mass is 16.5. The normalized spacial score (nSPS) is 10.1. The fraction of sp³-hybridized carbons (Fsp3) is 0.727. The van der Waals surface area contributed by atoms with Gasteiger partial charge in [-0.05, 0) is 20.9 Å².